The number of benzene rings is 2. The summed E-state index contributed by atoms with van der Waals surface area (Å²) in [6.45, 7) is 4.07. The highest BCUT2D eigenvalue weighted by Crippen LogP contribution is 2.36. The quantitative estimate of drug-likeness (QED) is 0.647. The zero-order valence-electron chi connectivity index (χ0n) is 19.5. The van der Waals surface area contributed by atoms with Crippen LogP contribution in [0.4, 0.5) is 5.69 Å². The Kier molecular flexibility index (Phi) is 6.81. The second-order valence-corrected chi connectivity index (χ2v) is 10.5. The molecule has 2 aromatic rings. The lowest BCUT2D eigenvalue weighted by Crippen LogP contribution is -2.45. The number of hydrogen-bond donors (Lipinski definition) is 2. The van der Waals surface area contributed by atoms with E-state index in [9.17, 15) is 18.0 Å². The van der Waals surface area contributed by atoms with Gasteiger partial charge < -0.3 is 20.1 Å². The first-order valence-electron chi connectivity index (χ1n) is 11.2. The number of nitrogens with one attached hydrogen (secondary N) is 2. The molecule has 2 N–H and O–H groups in total. The molecule has 0 unspecified atom stereocenters. The van der Waals surface area contributed by atoms with Crippen molar-refractivity contribution in [3.05, 3.63) is 47.5 Å². The van der Waals surface area contributed by atoms with E-state index < -0.39 is 22.0 Å². The van der Waals surface area contributed by atoms with E-state index in [0.717, 1.165) is 5.56 Å². The summed E-state index contributed by atoms with van der Waals surface area (Å²) >= 11 is 0. The van der Waals surface area contributed by atoms with Gasteiger partial charge in [-0.25, -0.2) is 8.42 Å². The van der Waals surface area contributed by atoms with E-state index in [2.05, 4.69) is 10.6 Å². The highest BCUT2D eigenvalue weighted by Gasteiger charge is 2.35. The Hall–Kier alpha value is -3.11. The number of hydrogen-bond acceptors (Lipinski definition) is 6. The Morgan fingerprint density at radius 2 is 2.09 bits per heavy atom. The number of rotatable bonds is 6. The number of carbonyl (C=O) groups excluding carboxylic acids is 2. The maximum atomic E-state index is 13.5. The van der Waals surface area contributed by atoms with Crippen LogP contribution in [0.25, 0.3) is 0 Å². The lowest BCUT2D eigenvalue weighted by Gasteiger charge is -2.32. The molecule has 2 aliphatic heterocycles. The Bertz CT molecular complexity index is 1210. The molecule has 182 valence electrons. The number of nitrogens with zero attached hydrogens (tertiary/aromatic N) is 1. The minimum Gasteiger partial charge on any atom is -0.497 e. The number of ether oxygens (including phenoxy) is 2. The molecule has 1 saturated heterocycles. The van der Waals surface area contributed by atoms with Crippen molar-refractivity contribution in [3.8, 4) is 11.5 Å². The van der Waals surface area contributed by atoms with Crippen molar-refractivity contribution < 1.29 is 27.5 Å². The zero-order valence-corrected chi connectivity index (χ0v) is 20.3. The van der Waals surface area contributed by atoms with Gasteiger partial charge in [0.25, 0.3) is 5.91 Å². The largest absolute Gasteiger partial charge is 0.497 e. The van der Waals surface area contributed by atoms with Crippen molar-refractivity contribution in [3.63, 3.8) is 0 Å². The third-order valence-electron chi connectivity index (χ3n) is 6.18. The maximum absolute atomic E-state index is 13.5. The third kappa shape index (κ3) is 4.88. The predicted octanol–water partition coefficient (Wildman–Crippen LogP) is 2.44. The highest BCUT2D eigenvalue weighted by molar-refractivity contribution is 7.89. The average Bonchev–Trinajstić information content (AvgIpc) is 2.83. The Morgan fingerprint density at radius 3 is 2.85 bits per heavy atom. The normalized spacial score (nSPS) is 20.6. The van der Waals surface area contributed by atoms with Crippen LogP contribution in [-0.4, -0.2) is 50.8 Å². The van der Waals surface area contributed by atoms with Crippen LogP contribution in [0.3, 0.4) is 0 Å². The summed E-state index contributed by atoms with van der Waals surface area (Å²) in [5.41, 5.74) is 1.86. The van der Waals surface area contributed by atoms with Crippen LogP contribution in [0.1, 0.15) is 30.9 Å². The van der Waals surface area contributed by atoms with Gasteiger partial charge >= 0.3 is 0 Å². The van der Waals surface area contributed by atoms with Crippen molar-refractivity contribution in [2.75, 3.05) is 25.5 Å². The van der Waals surface area contributed by atoms with E-state index in [0.29, 0.717) is 48.7 Å². The smallest absolute Gasteiger partial charge is 0.265 e. The van der Waals surface area contributed by atoms with Gasteiger partial charge in [0.2, 0.25) is 15.9 Å². The summed E-state index contributed by atoms with van der Waals surface area (Å²) in [5, 5.41) is 5.65. The topological polar surface area (TPSA) is 114 Å². The van der Waals surface area contributed by atoms with Crippen LogP contribution in [0.5, 0.6) is 11.5 Å². The second-order valence-electron chi connectivity index (χ2n) is 8.63. The second kappa shape index (κ2) is 9.63. The SMILES string of the molecule is COc1cccc(CNC(=O)[C@@H]2CCCN(S(=O)(=O)c3cc4c(cc3C)NC(=O)[C@H](C)O4)C2)c1. The van der Waals surface area contributed by atoms with E-state index in [1.807, 2.05) is 24.3 Å². The maximum Gasteiger partial charge on any atom is 0.265 e. The summed E-state index contributed by atoms with van der Waals surface area (Å²) in [7, 11) is -2.27. The number of anilines is 1. The molecule has 9 nitrogen and oxygen atoms in total. The van der Waals surface area contributed by atoms with Gasteiger partial charge in [0.1, 0.15) is 11.5 Å². The number of sulfonamides is 1. The van der Waals surface area contributed by atoms with Crippen LogP contribution < -0.4 is 20.1 Å². The third-order valence-corrected chi connectivity index (χ3v) is 8.19. The van der Waals surface area contributed by atoms with Gasteiger partial charge in [0, 0.05) is 25.7 Å². The van der Waals surface area contributed by atoms with Crippen LogP contribution in [0.2, 0.25) is 0 Å². The summed E-state index contributed by atoms with van der Waals surface area (Å²) in [6, 6.07) is 10.5. The van der Waals surface area contributed by atoms with E-state index >= 15 is 0 Å². The van der Waals surface area contributed by atoms with Gasteiger partial charge in [-0.2, -0.15) is 4.31 Å². The molecule has 2 heterocycles. The molecular formula is C24H29N3O6S. The molecule has 0 aromatic heterocycles. The zero-order chi connectivity index (χ0) is 24.5. The Balaban J connectivity index is 1.47. The molecular weight excluding hydrogens is 458 g/mol. The Morgan fingerprint density at radius 1 is 1.29 bits per heavy atom. The van der Waals surface area contributed by atoms with Crippen molar-refractivity contribution in [2.45, 2.75) is 44.2 Å². The lowest BCUT2D eigenvalue weighted by molar-refractivity contribution is -0.126. The van der Waals surface area contributed by atoms with Crippen molar-refractivity contribution in [1.29, 1.82) is 0 Å². The standard InChI is InChI=1S/C24H29N3O6S/c1-15-10-20-21(33-16(2)23(28)26-20)12-22(15)34(30,31)27-9-5-7-18(14-27)24(29)25-13-17-6-4-8-19(11-17)32-3/h4,6,8,10-12,16,18H,5,7,9,13-14H2,1-3H3,(H,25,29)(H,26,28)/t16-,18+/m0/s1. The predicted molar refractivity (Wildman–Crippen MR) is 126 cm³/mol. The number of aryl methyl sites for hydroxylation is 1. The number of amides is 2. The van der Waals surface area contributed by atoms with Crippen molar-refractivity contribution in [2.24, 2.45) is 5.92 Å². The summed E-state index contributed by atoms with van der Waals surface area (Å²) < 4.78 is 39.2. The minimum atomic E-state index is -3.86. The van der Waals surface area contributed by atoms with Gasteiger partial charge in [-0.1, -0.05) is 12.1 Å². The molecule has 0 saturated carbocycles. The summed E-state index contributed by atoms with van der Waals surface area (Å²) in [4.78, 5) is 24.8. The molecule has 10 heteroatoms. The van der Waals surface area contributed by atoms with E-state index in [4.69, 9.17) is 9.47 Å². The lowest BCUT2D eigenvalue weighted by atomic mass is 9.99. The van der Waals surface area contributed by atoms with Gasteiger partial charge in [-0.3, -0.25) is 9.59 Å². The van der Waals surface area contributed by atoms with Crippen LogP contribution in [0, 0.1) is 12.8 Å². The van der Waals surface area contributed by atoms with Crippen LogP contribution in [-0.2, 0) is 26.2 Å². The van der Waals surface area contributed by atoms with Crippen molar-refractivity contribution >= 4 is 27.5 Å². The average molecular weight is 488 g/mol. The molecule has 0 radical (unpaired) electrons. The van der Waals surface area contributed by atoms with Gasteiger partial charge in [-0.15, -0.1) is 0 Å². The fourth-order valence-electron chi connectivity index (χ4n) is 4.25. The molecule has 0 aliphatic carbocycles. The van der Waals surface area contributed by atoms with E-state index in [-0.39, 0.29) is 23.3 Å². The Labute approximate surface area is 199 Å². The van der Waals surface area contributed by atoms with Gasteiger partial charge in [0.15, 0.2) is 6.10 Å². The molecule has 34 heavy (non-hydrogen) atoms. The van der Waals surface area contributed by atoms with Gasteiger partial charge in [-0.05, 0) is 56.0 Å². The molecule has 0 bridgehead atoms. The molecule has 2 amide bonds. The first kappa shape index (κ1) is 24.0. The minimum absolute atomic E-state index is 0.108. The summed E-state index contributed by atoms with van der Waals surface area (Å²) in [6.07, 6.45) is 0.494. The van der Waals surface area contributed by atoms with Crippen LogP contribution in [0.15, 0.2) is 41.3 Å². The number of piperidine rings is 1. The molecule has 2 atom stereocenters. The molecule has 2 aliphatic rings. The van der Waals surface area contributed by atoms with Crippen molar-refractivity contribution in [1.82, 2.24) is 9.62 Å². The monoisotopic (exact) mass is 487 g/mol. The number of fused-ring (bicyclic) bond motifs is 1. The fraction of sp³-hybridized carbons (Fsp3) is 0.417. The fourth-order valence-corrected chi connectivity index (χ4v) is 6.00. The number of methoxy groups -OCH3 is 1. The first-order chi connectivity index (χ1) is 16.2. The summed E-state index contributed by atoms with van der Waals surface area (Å²) in [5.74, 6) is 0.134. The van der Waals surface area contributed by atoms with Crippen LogP contribution >= 0.6 is 0 Å². The molecule has 2 aromatic carbocycles. The molecule has 0 spiro atoms. The van der Waals surface area contributed by atoms with E-state index in [1.165, 1.54) is 10.4 Å². The number of carbonyl (C=O) groups is 2. The van der Waals surface area contributed by atoms with Gasteiger partial charge in [0.05, 0.1) is 23.6 Å². The molecule has 4 rings (SSSR count). The first-order valence-corrected chi connectivity index (χ1v) is 12.7. The van der Waals surface area contributed by atoms with E-state index in [1.54, 1.807) is 27.0 Å². The highest BCUT2D eigenvalue weighted by atomic mass is 32.2. The molecule has 1 fully saturated rings.